The van der Waals surface area contributed by atoms with Crippen molar-refractivity contribution in [3.05, 3.63) is 22.3 Å². The van der Waals surface area contributed by atoms with Gasteiger partial charge in [-0.05, 0) is 34.3 Å². The van der Waals surface area contributed by atoms with Crippen LogP contribution >= 0.6 is 15.9 Å². The van der Waals surface area contributed by atoms with Crippen molar-refractivity contribution in [1.29, 1.82) is 0 Å². The highest BCUT2D eigenvalue weighted by molar-refractivity contribution is 9.10. The zero-order chi connectivity index (χ0) is 11.5. The van der Waals surface area contributed by atoms with Gasteiger partial charge in [0.05, 0.1) is 0 Å². The van der Waals surface area contributed by atoms with Crippen molar-refractivity contribution in [1.82, 2.24) is 4.98 Å². The molecule has 0 saturated heterocycles. The van der Waals surface area contributed by atoms with Crippen LogP contribution in [0.15, 0.2) is 16.7 Å². The Labute approximate surface area is 102 Å². The summed E-state index contributed by atoms with van der Waals surface area (Å²) >= 11 is 3.06. The van der Waals surface area contributed by atoms with Crippen LogP contribution in [0, 0.1) is 5.92 Å². The molecule has 0 atom stereocenters. The number of hydrogen-bond donors (Lipinski definition) is 1. The second kappa shape index (κ2) is 5.08. The van der Waals surface area contributed by atoms with Gasteiger partial charge in [0.1, 0.15) is 5.82 Å². The van der Waals surface area contributed by atoms with Gasteiger partial charge in [0.25, 0.3) is 6.43 Å². The molecule has 1 saturated carbocycles. The number of nitrogens with zero attached hydrogens (tertiary/aromatic N) is 1. The molecule has 0 aromatic carbocycles. The summed E-state index contributed by atoms with van der Waals surface area (Å²) in [5, 5.41) is 3.07. The minimum atomic E-state index is -2.47. The van der Waals surface area contributed by atoms with Gasteiger partial charge in [-0.15, -0.1) is 0 Å². The molecule has 1 aliphatic carbocycles. The quantitative estimate of drug-likeness (QED) is 0.887. The van der Waals surface area contributed by atoms with Gasteiger partial charge >= 0.3 is 0 Å². The topological polar surface area (TPSA) is 24.9 Å². The van der Waals surface area contributed by atoms with Crippen LogP contribution in [0.2, 0.25) is 0 Å². The van der Waals surface area contributed by atoms with E-state index >= 15 is 0 Å². The van der Waals surface area contributed by atoms with Crippen LogP contribution in [0.25, 0.3) is 0 Å². The number of aromatic nitrogens is 1. The van der Waals surface area contributed by atoms with E-state index in [2.05, 4.69) is 26.2 Å². The molecule has 0 aliphatic heterocycles. The molecule has 1 aromatic heterocycles. The Bertz CT molecular complexity index is 367. The monoisotopic (exact) mass is 290 g/mol. The first-order valence-corrected chi connectivity index (χ1v) is 6.13. The third-order valence-corrected chi connectivity index (χ3v) is 3.34. The summed E-state index contributed by atoms with van der Waals surface area (Å²) < 4.78 is 25.5. The van der Waals surface area contributed by atoms with Crippen LogP contribution in [0.3, 0.4) is 0 Å². The largest absolute Gasteiger partial charge is 0.370 e. The molecule has 2 nitrogen and oxygen atoms in total. The predicted octanol–water partition coefficient (Wildman–Crippen LogP) is 3.99. The first-order valence-electron chi connectivity index (χ1n) is 5.34. The minimum Gasteiger partial charge on any atom is -0.370 e. The fourth-order valence-corrected chi connectivity index (χ4v) is 1.92. The summed E-state index contributed by atoms with van der Waals surface area (Å²) in [6.07, 6.45) is 2.65. The van der Waals surface area contributed by atoms with Gasteiger partial charge in [-0.2, -0.15) is 0 Å². The number of pyridine rings is 1. The number of nitrogens with one attached hydrogen (secondary N) is 1. The Kier molecular flexibility index (Phi) is 3.74. The Morgan fingerprint density at radius 2 is 2.25 bits per heavy atom. The normalized spacial score (nSPS) is 15.5. The van der Waals surface area contributed by atoms with E-state index in [1.807, 2.05) is 0 Å². The van der Waals surface area contributed by atoms with Crippen molar-refractivity contribution in [2.45, 2.75) is 25.7 Å². The minimum absolute atomic E-state index is 0.0103. The first-order chi connectivity index (χ1) is 7.66. The zero-order valence-corrected chi connectivity index (χ0v) is 10.3. The number of halogens is 3. The van der Waals surface area contributed by atoms with Gasteiger partial charge in [0.15, 0.2) is 0 Å². The van der Waals surface area contributed by atoms with Crippen LogP contribution in [0.5, 0.6) is 0 Å². The molecule has 1 aliphatic rings. The third kappa shape index (κ3) is 3.14. The van der Waals surface area contributed by atoms with Crippen LogP contribution in [-0.2, 0) is 0 Å². The second-order valence-electron chi connectivity index (χ2n) is 4.05. The molecular formula is C11H13BrF2N2. The van der Waals surface area contributed by atoms with E-state index in [0.717, 1.165) is 18.9 Å². The maximum atomic E-state index is 12.6. The molecule has 1 fully saturated rings. The number of hydrogen-bond acceptors (Lipinski definition) is 2. The van der Waals surface area contributed by atoms with Gasteiger partial charge in [-0.25, -0.2) is 13.8 Å². The van der Waals surface area contributed by atoms with E-state index in [1.54, 1.807) is 0 Å². The first kappa shape index (κ1) is 11.8. The molecule has 0 amide bonds. The fourth-order valence-electron chi connectivity index (χ4n) is 1.53. The Balaban J connectivity index is 1.94. The molecule has 0 spiro atoms. The van der Waals surface area contributed by atoms with E-state index in [1.165, 1.54) is 25.1 Å². The van der Waals surface area contributed by atoms with Crippen molar-refractivity contribution < 1.29 is 8.78 Å². The van der Waals surface area contributed by atoms with Crippen molar-refractivity contribution >= 4 is 21.7 Å². The lowest BCUT2D eigenvalue weighted by Gasteiger charge is -2.08. The molecule has 0 bridgehead atoms. The zero-order valence-electron chi connectivity index (χ0n) is 8.72. The van der Waals surface area contributed by atoms with Crippen LogP contribution < -0.4 is 5.32 Å². The molecule has 2 rings (SSSR count). The van der Waals surface area contributed by atoms with Gasteiger partial charge in [0.2, 0.25) is 0 Å². The van der Waals surface area contributed by atoms with Crippen molar-refractivity contribution in [2.24, 2.45) is 5.92 Å². The van der Waals surface area contributed by atoms with E-state index < -0.39 is 6.43 Å². The Morgan fingerprint density at radius 1 is 1.50 bits per heavy atom. The van der Waals surface area contributed by atoms with E-state index in [0.29, 0.717) is 10.3 Å². The lowest BCUT2D eigenvalue weighted by atomic mass is 10.2. The van der Waals surface area contributed by atoms with E-state index in [4.69, 9.17) is 0 Å². The molecular weight excluding hydrogens is 278 g/mol. The molecule has 88 valence electrons. The van der Waals surface area contributed by atoms with Crippen molar-refractivity contribution in [2.75, 3.05) is 11.9 Å². The summed E-state index contributed by atoms with van der Waals surface area (Å²) in [6.45, 7) is 0.808. The molecule has 1 aromatic rings. The molecule has 16 heavy (non-hydrogen) atoms. The lowest BCUT2D eigenvalue weighted by molar-refractivity contribution is 0.150. The summed E-state index contributed by atoms with van der Waals surface area (Å²) in [6, 6.07) is 1.40. The maximum absolute atomic E-state index is 12.6. The molecule has 0 unspecified atom stereocenters. The van der Waals surface area contributed by atoms with Gasteiger partial charge in [0, 0.05) is 22.8 Å². The maximum Gasteiger partial charge on any atom is 0.265 e. The van der Waals surface area contributed by atoms with E-state index in [-0.39, 0.29) is 5.56 Å². The van der Waals surface area contributed by atoms with Gasteiger partial charge in [-0.1, -0.05) is 12.8 Å². The third-order valence-electron chi connectivity index (χ3n) is 2.68. The summed E-state index contributed by atoms with van der Waals surface area (Å²) in [5.74, 6) is 1.36. The second-order valence-corrected chi connectivity index (χ2v) is 4.90. The summed E-state index contributed by atoms with van der Waals surface area (Å²) in [5.41, 5.74) is -0.0103. The summed E-state index contributed by atoms with van der Waals surface area (Å²) in [7, 11) is 0. The molecule has 5 heteroatoms. The average Bonchev–Trinajstić information content (AvgIpc) is 3.04. The van der Waals surface area contributed by atoms with Gasteiger partial charge < -0.3 is 5.32 Å². The lowest BCUT2D eigenvalue weighted by Crippen LogP contribution is -2.04. The van der Waals surface area contributed by atoms with Crippen LogP contribution in [0.4, 0.5) is 14.6 Å². The van der Waals surface area contributed by atoms with Crippen molar-refractivity contribution in [3.63, 3.8) is 0 Å². The molecule has 1 N–H and O–H groups in total. The SMILES string of the molecule is FC(F)c1cc(NCCC2CC2)ncc1Br. The van der Waals surface area contributed by atoms with Crippen molar-refractivity contribution in [3.8, 4) is 0 Å². The van der Waals surface area contributed by atoms with Gasteiger partial charge in [-0.3, -0.25) is 0 Å². The standard InChI is InChI=1S/C11H13BrF2N2/c12-9-6-16-10(5-8(9)11(13)14)15-4-3-7-1-2-7/h5-7,11H,1-4H2,(H,15,16). The highest BCUT2D eigenvalue weighted by Gasteiger charge is 2.20. The number of alkyl halides is 2. The smallest absolute Gasteiger partial charge is 0.265 e. The highest BCUT2D eigenvalue weighted by atomic mass is 79.9. The van der Waals surface area contributed by atoms with Crippen LogP contribution in [-0.4, -0.2) is 11.5 Å². The predicted molar refractivity (Wildman–Crippen MR) is 62.7 cm³/mol. The Morgan fingerprint density at radius 3 is 2.88 bits per heavy atom. The van der Waals surface area contributed by atoms with E-state index in [9.17, 15) is 8.78 Å². The number of anilines is 1. The highest BCUT2D eigenvalue weighted by Crippen LogP contribution is 2.32. The molecule has 0 radical (unpaired) electrons. The molecule has 1 heterocycles. The average molecular weight is 291 g/mol. The van der Waals surface area contributed by atoms with Crippen LogP contribution in [0.1, 0.15) is 31.3 Å². The fraction of sp³-hybridized carbons (Fsp3) is 0.545. The summed E-state index contributed by atoms with van der Waals surface area (Å²) in [4.78, 5) is 4.05. The Hall–Kier alpha value is -0.710. The number of rotatable bonds is 5.